The maximum absolute atomic E-state index is 12.5. The van der Waals surface area contributed by atoms with E-state index in [1.54, 1.807) is 24.3 Å². The van der Waals surface area contributed by atoms with Crippen LogP contribution < -0.4 is 14.8 Å². The average Bonchev–Trinajstić information content (AvgIpc) is 3.25. The number of hydrogen-bond donors (Lipinski definition) is 2. The van der Waals surface area contributed by atoms with E-state index in [1.165, 1.54) is 0 Å². The Kier molecular flexibility index (Phi) is 8.57. The number of carbonyl (C=O) groups is 1. The number of rotatable bonds is 11. The van der Waals surface area contributed by atoms with Crippen molar-refractivity contribution in [1.29, 1.82) is 0 Å². The number of halogens is 1. The predicted molar refractivity (Wildman–Crippen MR) is 125 cm³/mol. The maximum Gasteiger partial charge on any atom is 0.269 e. The summed E-state index contributed by atoms with van der Waals surface area (Å²) in [5.41, 5.74) is 1.29. The van der Waals surface area contributed by atoms with Gasteiger partial charge in [-0.2, -0.15) is 0 Å². The number of aryl methyl sites for hydroxylation is 1. The minimum Gasteiger partial charge on any atom is -0.493 e. The van der Waals surface area contributed by atoms with Gasteiger partial charge in [0.1, 0.15) is 5.75 Å². The van der Waals surface area contributed by atoms with Gasteiger partial charge in [0.2, 0.25) is 9.47 Å². The molecule has 170 valence electrons. The Bertz CT molecular complexity index is 1170. The minimum absolute atomic E-state index is 0.0669. The lowest BCUT2D eigenvalue weighted by Gasteiger charge is -2.10. The van der Waals surface area contributed by atoms with Gasteiger partial charge in [0.05, 0.1) is 17.2 Å². The summed E-state index contributed by atoms with van der Waals surface area (Å²) in [5.74, 6) is 0.327. The Morgan fingerprint density at radius 3 is 2.66 bits per heavy atom. The van der Waals surface area contributed by atoms with Crippen LogP contribution in [0.5, 0.6) is 5.75 Å². The Labute approximate surface area is 196 Å². The van der Waals surface area contributed by atoms with Crippen LogP contribution in [0.3, 0.4) is 0 Å². The summed E-state index contributed by atoms with van der Waals surface area (Å²) < 4.78 is 33.1. The van der Waals surface area contributed by atoms with Crippen LogP contribution in [0.15, 0.2) is 52.9 Å². The second-order valence-corrected chi connectivity index (χ2v) is 10.1. The van der Waals surface area contributed by atoms with E-state index in [1.807, 2.05) is 31.2 Å². The highest BCUT2D eigenvalue weighted by Gasteiger charge is 2.21. The lowest BCUT2D eigenvalue weighted by Crippen LogP contribution is -2.25. The van der Waals surface area contributed by atoms with Gasteiger partial charge in [0.25, 0.3) is 15.9 Å². The third kappa shape index (κ3) is 6.49. The molecule has 0 spiro atoms. The van der Waals surface area contributed by atoms with E-state index in [0.29, 0.717) is 19.4 Å². The highest BCUT2D eigenvalue weighted by molar-refractivity contribution is 7.91. The normalized spacial score (nSPS) is 11.3. The molecule has 0 saturated heterocycles. The Hall–Kier alpha value is -2.53. The summed E-state index contributed by atoms with van der Waals surface area (Å²) in [5, 5.41) is 10.3. The number of amides is 1. The molecule has 0 atom stereocenters. The Morgan fingerprint density at radius 2 is 1.88 bits per heavy atom. The topological polar surface area (TPSA) is 110 Å². The van der Waals surface area contributed by atoms with Crippen LogP contribution in [0.25, 0.3) is 0 Å². The fourth-order valence-electron chi connectivity index (χ4n) is 2.79. The van der Waals surface area contributed by atoms with E-state index >= 15 is 0 Å². The third-order valence-electron chi connectivity index (χ3n) is 4.32. The number of para-hydroxylation sites is 1. The molecular weight excluding hydrogens is 472 g/mol. The van der Waals surface area contributed by atoms with Crippen LogP contribution in [0.1, 0.15) is 35.7 Å². The average molecular weight is 495 g/mol. The molecule has 0 aliphatic rings. The maximum atomic E-state index is 12.5. The molecule has 3 aromatic rings. The van der Waals surface area contributed by atoms with Crippen molar-refractivity contribution in [3.8, 4) is 5.75 Å². The van der Waals surface area contributed by atoms with Crippen molar-refractivity contribution in [2.75, 3.05) is 18.5 Å². The molecule has 0 fully saturated rings. The first-order valence-electron chi connectivity index (χ1n) is 10.0. The largest absolute Gasteiger partial charge is 0.493 e. The first kappa shape index (κ1) is 24.1. The predicted octanol–water partition coefficient (Wildman–Crippen LogP) is 4.14. The van der Waals surface area contributed by atoms with Gasteiger partial charge >= 0.3 is 0 Å². The van der Waals surface area contributed by atoms with Crippen LogP contribution in [0, 0.1) is 0 Å². The van der Waals surface area contributed by atoms with E-state index in [2.05, 4.69) is 20.2 Å². The van der Waals surface area contributed by atoms with Crippen molar-refractivity contribution in [3.05, 3.63) is 64.7 Å². The van der Waals surface area contributed by atoms with E-state index in [0.717, 1.165) is 29.1 Å². The number of nitrogens with zero attached hydrogens (tertiary/aromatic N) is 2. The first-order valence-corrected chi connectivity index (χ1v) is 12.7. The quantitative estimate of drug-likeness (QED) is 0.306. The van der Waals surface area contributed by atoms with Gasteiger partial charge < -0.3 is 4.74 Å². The number of sulfonamides is 1. The van der Waals surface area contributed by atoms with Crippen LogP contribution >= 0.6 is 22.9 Å². The molecule has 0 saturated carbocycles. The SMILES string of the molecule is CCCOc1ccccc1CCCNS(=O)(=O)c1nnc(NC(=O)c2ccccc2Cl)s1. The molecule has 1 heterocycles. The summed E-state index contributed by atoms with van der Waals surface area (Å²) >= 11 is 6.77. The fourth-order valence-corrected chi connectivity index (χ4v) is 5.02. The van der Waals surface area contributed by atoms with E-state index in [9.17, 15) is 13.2 Å². The van der Waals surface area contributed by atoms with Crippen LogP contribution in [0.4, 0.5) is 5.13 Å². The Balaban J connectivity index is 1.54. The Morgan fingerprint density at radius 1 is 1.12 bits per heavy atom. The number of benzene rings is 2. The second kappa shape index (κ2) is 11.4. The van der Waals surface area contributed by atoms with Crippen molar-refractivity contribution >= 4 is 44.0 Å². The van der Waals surface area contributed by atoms with Crippen molar-refractivity contribution in [2.24, 2.45) is 0 Å². The molecule has 0 radical (unpaired) electrons. The second-order valence-electron chi connectivity index (χ2n) is 6.76. The highest BCUT2D eigenvalue weighted by Crippen LogP contribution is 2.23. The third-order valence-corrected chi connectivity index (χ3v) is 7.32. The summed E-state index contributed by atoms with van der Waals surface area (Å²) in [7, 11) is -3.84. The smallest absolute Gasteiger partial charge is 0.269 e. The lowest BCUT2D eigenvalue weighted by molar-refractivity contribution is 0.102. The van der Waals surface area contributed by atoms with Gasteiger partial charge in [0.15, 0.2) is 0 Å². The zero-order chi connectivity index (χ0) is 23.0. The molecule has 0 aliphatic heterocycles. The minimum atomic E-state index is -3.84. The lowest BCUT2D eigenvalue weighted by atomic mass is 10.1. The molecule has 0 aliphatic carbocycles. The standard InChI is InChI=1S/C21H23ClN4O4S2/c1-2-14-30-18-12-6-3-8-15(18)9-7-13-23-32(28,29)21-26-25-20(31-21)24-19(27)16-10-4-5-11-17(16)22/h3-6,8,10-12,23H,2,7,9,13-14H2,1H3,(H,24,25,27). The van der Waals surface area contributed by atoms with Crippen molar-refractivity contribution < 1.29 is 17.9 Å². The molecule has 8 nitrogen and oxygen atoms in total. The van der Waals surface area contributed by atoms with Crippen molar-refractivity contribution in [3.63, 3.8) is 0 Å². The number of aromatic nitrogens is 2. The highest BCUT2D eigenvalue weighted by atomic mass is 35.5. The van der Waals surface area contributed by atoms with Gasteiger partial charge in [-0.15, -0.1) is 10.2 Å². The molecule has 32 heavy (non-hydrogen) atoms. The molecule has 1 amide bonds. The van der Waals surface area contributed by atoms with E-state index in [4.69, 9.17) is 16.3 Å². The molecule has 11 heteroatoms. The number of nitrogens with one attached hydrogen (secondary N) is 2. The van der Waals surface area contributed by atoms with Gasteiger partial charge in [-0.05, 0) is 43.0 Å². The summed E-state index contributed by atoms with van der Waals surface area (Å²) in [6, 6.07) is 14.3. The van der Waals surface area contributed by atoms with Crippen molar-refractivity contribution in [2.45, 2.75) is 30.5 Å². The van der Waals surface area contributed by atoms with Crippen LogP contribution in [-0.4, -0.2) is 37.7 Å². The molecule has 0 unspecified atom stereocenters. The van der Waals surface area contributed by atoms with Crippen LogP contribution in [-0.2, 0) is 16.4 Å². The zero-order valence-corrected chi connectivity index (χ0v) is 19.8. The number of carbonyl (C=O) groups excluding carboxylic acids is 1. The van der Waals surface area contributed by atoms with Gasteiger partial charge in [-0.25, -0.2) is 13.1 Å². The molecule has 1 aromatic heterocycles. The summed E-state index contributed by atoms with van der Waals surface area (Å²) in [4.78, 5) is 12.3. The van der Waals surface area contributed by atoms with Gasteiger partial charge in [-0.1, -0.05) is 60.2 Å². The monoisotopic (exact) mass is 494 g/mol. The zero-order valence-electron chi connectivity index (χ0n) is 17.4. The number of hydrogen-bond acceptors (Lipinski definition) is 7. The molecule has 3 rings (SSSR count). The van der Waals surface area contributed by atoms with E-state index < -0.39 is 15.9 Å². The van der Waals surface area contributed by atoms with Crippen LogP contribution in [0.2, 0.25) is 5.02 Å². The first-order chi connectivity index (χ1) is 15.4. The van der Waals surface area contributed by atoms with Crippen molar-refractivity contribution in [1.82, 2.24) is 14.9 Å². The molecule has 2 N–H and O–H groups in total. The number of ether oxygens (including phenoxy) is 1. The van der Waals surface area contributed by atoms with Gasteiger partial charge in [0, 0.05) is 6.54 Å². The molecule has 0 bridgehead atoms. The number of anilines is 1. The fraction of sp³-hybridized carbons (Fsp3) is 0.286. The van der Waals surface area contributed by atoms with E-state index in [-0.39, 0.29) is 26.6 Å². The summed E-state index contributed by atoms with van der Waals surface area (Å²) in [6.07, 6.45) is 2.16. The molecule has 2 aromatic carbocycles. The molecular formula is C21H23ClN4O4S2. The van der Waals surface area contributed by atoms with Gasteiger partial charge in [-0.3, -0.25) is 10.1 Å². The summed E-state index contributed by atoms with van der Waals surface area (Å²) in [6.45, 7) is 2.90.